The molecule has 3 aromatic rings. The molecule has 6 nitrogen and oxygen atoms in total. The van der Waals surface area contributed by atoms with Crippen molar-refractivity contribution in [1.29, 1.82) is 0 Å². The van der Waals surface area contributed by atoms with Gasteiger partial charge in [0.15, 0.2) is 16.5 Å². The maximum absolute atomic E-state index is 12.5. The lowest BCUT2D eigenvalue weighted by atomic mass is 10.0. The van der Waals surface area contributed by atoms with E-state index in [-0.39, 0.29) is 5.56 Å². The van der Waals surface area contributed by atoms with Crippen molar-refractivity contribution in [3.63, 3.8) is 0 Å². The Bertz CT molecular complexity index is 1060. The molecule has 0 amide bonds. The highest BCUT2D eigenvalue weighted by molar-refractivity contribution is 7.15. The molecule has 7 heteroatoms. The average Bonchev–Trinajstić information content (AvgIpc) is 3.28. The standard InChI is InChI=1S/C20H21N3O3S/c1-13-12-27-20-21-15(10-19(24)23(13)20)11-22-6-2-3-16(22)14-4-5-17-18(9-14)26-8-7-25-17/h4-5,9-10,12,16H,2-3,6-8,11H2,1H3/p+1/t16-/m1/s1. The molecular weight excluding hydrogens is 362 g/mol. The lowest BCUT2D eigenvalue weighted by molar-refractivity contribution is -0.932. The summed E-state index contributed by atoms with van der Waals surface area (Å²) >= 11 is 1.52. The van der Waals surface area contributed by atoms with Crippen LogP contribution in [-0.2, 0) is 6.54 Å². The van der Waals surface area contributed by atoms with E-state index in [0.717, 1.165) is 47.4 Å². The van der Waals surface area contributed by atoms with Gasteiger partial charge in [-0.15, -0.1) is 11.3 Å². The zero-order chi connectivity index (χ0) is 18.4. The number of likely N-dealkylation sites (tertiary alicyclic amines) is 1. The van der Waals surface area contributed by atoms with Gasteiger partial charge in [-0.3, -0.25) is 9.20 Å². The Morgan fingerprint density at radius 2 is 2.11 bits per heavy atom. The first-order chi connectivity index (χ1) is 13.2. The van der Waals surface area contributed by atoms with E-state index >= 15 is 0 Å². The summed E-state index contributed by atoms with van der Waals surface area (Å²) in [5.41, 5.74) is 3.11. The van der Waals surface area contributed by atoms with Crippen LogP contribution in [0, 0.1) is 6.92 Å². The van der Waals surface area contributed by atoms with Crippen LogP contribution in [0.3, 0.4) is 0 Å². The smallest absolute Gasteiger partial charge is 0.259 e. The van der Waals surface area contributed by atoms with Gasteiger partial charge < -0.3 is 14.4 Å². The number of aromatic nitrogens is 2. The van der Waals surface area contributed by atoms with E-state index in [1.807, 2.05) is 18.4 Å². The molecule has 1 N–H and O–H groups in total. The van der Waals surface area contributed by atoms with E-state index in [4.69, 9.17) is 14.5 Å². The van der Waals surface area contributed by atoms with Crippen LogP contribution in [0.1, 0.15) is 35.8 Å². The molecule has 5 rings (SSSR count). The number of thiazole rings is 1. The second-order valence-corrected chi connectivity index (χ2v) is 8.10. The molecule has 1 saturated heterocycles. The Morgan fingerprint density at radius 3 is 3.00 bits per heavy atom. The minimum atomic E-state index is 0.0169. The average molecular weight is 384 g/mol. The highest BCUT2D eigenvalue weighted by atomic mass is 32.1. The molecule has 2 aliphatic heterocycles. The fourth-order valence-corrected chi connectivity index (χ4v) is 5.12. The molecule has 0 aliphatic carbocycles. The van der Waals surface area contributed by atoms with Gasteiger partial charge in [-0.25, -0.2) is 4.98 Å². The number of benzene rings is 1. The van der Waals surface area contributed by atoms with Crippen LogP contribution in [0.15, 0.2) is 34.4 Å². The minimum Gasteiger partial charge on any atom is -0.486 e. The number of hydrogen-bond acceptors (Lipinski definition) is 5. The van der Waals surface area contributed by atoms with E-state index in [1.165, 1.54) is 28.2 Å². The lowest BCUT2D eigenvalue weighted by Gasteiger charge is -2.24. The number of nitrogens with zero attached hydrogens (tertiary/aromatic N) is 2. The number of rotatable bonds is 3. The molecule has 4 heterocycles. The van der Waals surface area contributed by atoms with Gasteiger partial charge in [0, 0.05) is 35.5 Å². The summed E-state index contributed by atoms with van der Waals surface area (Å²) in [6.07, 6.45) is 2.31. The van der Waals surface area contributed by atoms with Crippen molar-refractivity contribution in [2.24, 2.45) is 0 Å². The van der Waals surface area contributed by atoms with Gasteiger partial charge in [-0.1, -0.05) is 0 Å². The van der Waals surface area contributed by atoms with Gasteiger partial charge in [0.25, 0.3) is 5.56 Å². The molecule has 0 spiro atoms. The highest BCUT2D eigenvalue weighted by Crippen LogP contribution is 2.33. The number of fused-ring (bicyclic) bond motifs is 2. The zero-order valence-electron chi connectivity index (χ0n) is 15.2. The molecule has 27 heavy (non-hydrogen) atoms. The lowest BCUT2D eigenvalue weighted by Crippen LogP contribution is -3.09. The SMILES string of the molecule is Cc1csc2nc(C[NH+]3CCC[C@@H]3c3ccc4c(c3)OCCO4)cc(=O)n12. The molecule has 1 unspecified atom stereocenters. The van der Waals surface area contributed by atoms with Crippen LogP contribution in [-0.4, -0.2) is 29.1 Å². The molecule has 0 saturated carbocycles. The van der Waals surface area contributed by atoms with Crippen molar-refractivity contribution in [3.8, 4) is 11.5 Å². The van der Waals surface area contributed by atoms with Crippen molar-refractivity contribution in [2.75, 3.05) is 19.8 Å². The monoisotopic (exact) mass is 384 g/mol. The summed E-state index contributed by atoms with van der Waals surface area (Å²) in [4.78, 5) is 19.4. The predicted molar refractivity (Wildman–Crippen MR) is 103 cm³/mol. The third-order valence-electron chi connectivity index (χ3n) is 5.49. The summed E-state index contributed by atoms with van der Waals surface area (Å²) < 4.78 is 13.1. The zero-order valence-corrected chi connectivity index (χ0v) is 16.1. The Kier molecular flexibility index (Phi) is 4.13. The van der Waals surface area contributed by atoms with Crippen molar-refractivity contribution < 1.29 is 14.4 Å². The molecule has 1 aromatic carbocycles. The number of aryl methyl sites for hydroxylation is 1. The van der Waals surface area contributed by atoms with Crippen LogP contribution in [0.5, 0.6) is 11.5 Å². The Balaban J connectivity index is 1.42. The summed E-state index contributed by atoms with van der Waals surface area (Å²) in [6, 6.07) is 8.38. The first-order valence-electron chi connectivity index (χ1n) is 9.40. The normalized spacial score (nSPS) is 21.7. The molecule has 0 bridgehead atoms. The van der Waals surface area contributed by atoms with E-state index in [1.54, 1.807) is 10.5 Å². The summed E-state index contributed by atoms with van der Waals surface area (Å²) in [5, 5.41) is 1.98. The quantitative estimate of drug-likeness (QED) is 0.748. The fraction of sp³-hybridized carbons (Fsp3) is 0.400. The van der Waals surface area contributed by atoms with E-state index in [0.29, 0.717) is 19.3 Å². The van der Waals surface area contributed by atoms with Crippen LogP contribution in [0.25, 0.3) is 4.96 Å². The van der Waals surface area contributed by atoms with E-state index in [2.05, 4.69) is 12.1 Å². The van der Waals surface area contributed by atoms with Crippen molar-refractivity contribution in [3.05, 3.63) is 57.0 Å². The Labute approximate surface area is 161 Å². The number of quaternary nitrogens is 1. The first kappa shape index (κ1) is 16.8. The van der Waals surface area contributed by atoms with Gasteiger partial charge in [0.1, 0.15) is 31.5 Å². The van der Waals surface area contributed by atoms with Gasteiger partial charge in [0.05, 0.1) is 6.54 Å². The number of nitrogens with one attached hydrogen (secondary N) is 1. The van der Waals surface area contributed by atoms with Crippen molar-refractivity contribution in [1.82, 2.24) is 9.38 Å². The minimum absolute atomic E-state index is 0.0169. The van der Waals surface area contributed by atoms with Crippen LogP contribution < -0.4 is 19.9 Å². The van der Waals surface area contributed by atoms with Crippen LogP contribution in [0.4, 0.5) is 0 Å². The predicted octanol–water partition coefficient (Wildman–Crippen LogP) is 1.76. The molecule has 2 aromatic heterocycles. The van der Waals surface area contributed by atoms with Gasteiger partial charge in [-0.2, -0.15) is 0 Å². The Morgan fingerprint density at radius 1 is 1.26 bits per heavy atom. The number of hydrogen-bond donors (Lipinski definition) is 1. The maximum Gasteiger partial charge on any atom is 0.259 e. The molecule has 140 valence electrons. The van der Waals surface area contributed by atoms with Crippen molar-refractivity contribution >= 4 is 16.3 Å². The summed E-state index contributed by atoms with van der Waals surface area (Å²) in [7, 11) is 0. The maximum atomic E-state index is 12.5. The third kappa shape index (κ3) is 3.00. The van der Waals surface area contributed by atoms with E-state index in [9.17, 15) is 4.79 Å². The van der Waals surface area contributed by atoms with E-state index < -0.39 is 0 Å². The Hall–Kier alpha value is -2.38. The topological polar surface area (TPSA) is 57.3 Å². The molecule has 1 fully saturated rings. The molecule has 2 aliphatic rings. The number of ether oxygens (including phenoxy) is 2. The summed E-state index contributed by atoms with van der Waals surface area (Å²) in [5.74, 6) is 1.68. The highest BCUT2D eigenvalue weighted by Gasteiger charge is 2.31. The largest absolute Gasteiger partial charge is 0.486 e. The molecular formula is C20H22N3O3S+. The van der Waals surface area contributed by atoms with Gasteiger partial charge >= 0.3 is 0 Å². The van der Waals surface area contributed by atoms with Crippen LogP contribution >= 0.6 is 11.3 Å². The first-order valence-corrected chi connectivity index (χ1v) is 10.3. The second kappa shape index (κ2) is 6.65. The molecule has 0 radical (unpaired) electrons. The second-order valence-electron chi connectivity index (χ2n) is 7.26. The van der Waals surface area contributed by atoms with Crippen LogP contribution in [0.2, 0.25) is 0 Å². The van der Waals surface area contributed by atoms with Crippen molar-refractivity contribution in [2.45, 2.75) is 32.4 Å². The van der Waals surface area contributed by atoms with Gasteiger partial charge in [-0.05, 0) is 25.1 Å². The fourth-order valence-electron chi connectivity index (χ4n) is 4.23. The third-order valence-corrected chi connectivity index (χ3v) is 6.43. The molecule has 2 atom stereocenters. The van der Waals surface area contributed by atoms with Gasteiger partial charge in [0.2, 0.25) is 0 Å². The summed E-state index contributed by atoms with van der Waals surface area (Å²) in [6.45, 7) is 5.01.